The van der Waals surface area contributed by atoms with Gasteiger partial charge < -0.3 is 0 Å². The summed E-state index contributed by atoms with van der Waals surface area (Å²) in [6.07, 6.45) is 11.2. The van der Waals surface area contributed by atoms with Crippen molar-refractivity contribution in [2.45, 2.75) is 64.7 Å². The topological polar surface area (TPSA) is 17.1 Å². The van der Waals surface area contributed by atoms with Crippen molar-refractivity contribution in [3.8, 4) is 0 Å². The summed E-state index contributed by atoms with van der Waals surface area (Å²) in [6, 6.07) is 0. The van der Waals surface area contributed by atoms with Gasteiger partial charge in [-0.1, -0.05) is 51.9 Å². The Balaban J connectivity index is 2.87. The minimum Gasteiger partial charge on any atom is -0.288 e. The summed E-state index contributed by atoms with van der Waals surface area (Å²) in [5, 5.41) is 0. The maximum absolute atomic E-state index is 10.6. The molecule has 0 N–H and O–H groups in total. The van der Waals surface area contributed by atoms with Gasteiger partial charge in [-0.25, -0.2) is 0 Å². The lowest BCUT2D eigenvalue weighted by atomic mass is 10.1. The third-order valence-corrected chi connectivity index (χ3v) is 2.77. The number of hydrogen-bond donors (Lipinski definition) is 0. The van der Waals surface area contributed by atoms with E-state index in [-0.39, 0.29) is 0 Å². The van der Waals surface area contributed by atoms with Gasteiger partial charge in [0.1, 0.15) is 0 Å². The average Bonchev–Trinajstić information content (AvgIpc) is 2.09. The molecule has 0 unspecified atom stereocenters. The molecule has 0 fully saturated rings. The first-order valence-electron chi connectivity index (χ1n) is 5.45. The number of carbonyl (C=O) groups excluding carboxylic acids is 1. The van der Waals surface area contributed by atoms with Gasteiger partial charge in [0.15, 0.2) is 3.79 Å². The quantitative estimate of drug-likeness (QED) is 0.348. The van der Waals surface area contributed by atoms with Gasteiger partial charge in [-0.15, -0.1) is 0 Å². The molecule has 0 heterocycles. The Morgan fingerprint density at radius 3 is 1.85 bits per heavy atom. The molecule has 0 aliphatic carbocycles. The minimum absolute atomic E-state index is 0.309. The van der Waals surface area contributed by atoms with Gasteiger partial charge in [0.25, 0.3) is 0 Å². The summed E-state index contributed by atoms with van der Waals surface area (Å²) in [5.41, 5.74) is 0. The smallest absolute Gasteiger partial charge is 0.192 e. The molecule has 0 amide bonds. The van der Waals surface area contributed by atoms with E-state index in [9.17, 15) is 4.79 Å². The molecule has 78 valence electrons. The van der Waals surface area contributed by atoms with E-state index in [2.05, 4.69) is 6.92 Å². The largest absolute Gasteiger partial charge is 0.288 e. The van der Waals surface area contributed by atoms with Gasteiger partial charge in [0.2, 0.25) is 0 Å². The highest BCUT2D eigenvalue weighted by Gasteiger charge is 1.95. The lowest BCUT2D eigenvalue weighted by molar-refractivity contribution is -0.109. The molecule has 13 heavy (non-hydrogen) atoms. The van der Waals surface area contributed by atoms with E-state index >= 15 is 0 Å². The maximum atomic E-state index is 10.6. The van der Waals surface area contributed by atoms with Crippen LogP contribution in [0.3, 0.4) is 0 Å². The number of hydrogen-bond acceptors (Lipinski definition) is 1. The molecule has 0 atom stereocenters. The summed E-state index contributed by atoms with van der Waals surface area (Å²) in [6.45, 7) is 2.24. The Labute approximate surface area is 95.8 Å². The number of rotatable bonds is 9. The van der Waals surface area contributed by atoms with E-state index in [1.165, 1.54) is 44.9 Å². The summed E-state index contributed by atoms with van der Waals surface area (Å²) >= 11 is 1.88. The highest BCUT2D eigenvalue weighted by molar-refractivity contribution is 14.1. The maximum Gasteiger partial charge on any atom is 0.192 e. The van der Waals surface area contributed by atoms with Crippen LogP contribution >= 0.6 is 22.6 Å². The van der Waals surface area contributed by atoms with Crippen molar-refractivity contribution in [1.82, 2.24) is 0 Å². The van der Waals surface area contributed by atoms with E-state index in [1.54, 1.807) is 0 Å². The van der Waals surface area contributed by atoms with Crippen molar-refractivity contribution in [3.05, 3.63) is 0 Å². The molecule has 0 aliphatic rings. The first-order chi connectivity index (χ1) is 6.27. The fourth-order valence-corrected chi connectivity index (χ4v) is 1.78. The summed E-state index contributed by atoms with van der Waals surface area (Å²) < 4.78 is 0.309. The number of unbranched alkanes of at least 4 members (excludes halogenated alkanes) is 7. The van der Waals surface area contributed by atoms with Crippen molar-refractivity contribution in [3.63, 3.8) is 0 Å². The van der Waals surface area contributed by atoms with Crippen molar-refractivity contribution >= 4 is 26.4 Å². The number of carbonyl (C=O) groups is 1. The van der Waals surface area contributed by atoms with Crippen molar-refractivity contribution < 1.29 is 4.79 Å². The zero-order valence-electron chi connectivity index (χ0n) is 8.65. The molecule has 0 rings (SSSR count). The van der Waals surface area contributed by atoms with Crippen molar-refractivity contribution in [2.75, 3.05) is 0 Å². The predicted molar refractivity (Wildman–Crippen MR) is 66.3 cm³/mol. The van der Waals surface area contributed by atoms with Crippen LogP contribution in [0.25, 0.3) is 0 Å². The van der Waals surface area contributed by atoms with E-state index in [1.807, 2.05) is 22.6 Å². The lowest BCUT2D eigenvalue weighted by Gasteiger charge is -1.99. The van der Waals surface area contributed by atoms with Crippen molar-refractivity contribution in [1.29, 1.82) is 0 Å². The predicted octanol–water partition coefficient (Wildman–Crippen LogP) is 4.48. The molecular formula is C11H21IO. The van der Waals surface area contributed by atoms with Crippen LogP contribution in [0.15, 0.2) is 0 Å². The Morgan fingerprint density at radius 2 is 1.38 bits per heavy atom. The van der Waals surface area contributed by atoms with E-state index in [4.69, 9.17) is 0 Å². The van der Waals surface area contributed by atoms with Crippen LogP contribution in [-0.4, -0.2) is 3.79 Å². The van der Waals surface area contributed by atoms with Crippen LogP contribution in [0.1, 0.15) is 64.7 Å². The standard InChI is InChI=1S/C11H21IO/c1-2-3-4-5-6-7-8-9-10-11(12)13/h2-10H2,1H3. The zero-order chi connectivity index (χ0) is 9.94. The Bertz CT molecular complexity index is 123. The van der Waals surface area contributed by atoms with Gasteiger partial charge in [-0.05, 0) is 29.0 Å². The first-order valence-corrected chi connectivity index (χ1v) is 6.53. The van der Waals surface area contributed by atoms with Gasteiger partial charge in [0, 0.05) is 6.42 Å². The first kappa shape index (κ1) is 13.4. The zero-order valence-corrected chi connectivity index (χ0v) is 10.8. The van der Waals surface area contributed by atoms with Gasteiger partial charge in [-0.3, -0.25) is 4.79 Å². The fraction of sp³-hybridized carbons (Fsp3) is 0.909. The van der Waals surface area contributed by atoms with Crippen LogP contribution in [0.4, 0.5) is 0 Å². The fourth-order valence-electron chi connectivity index (χ4n) is 1.40. The molecule has 0 aromatic carbocycles. The molecule has 0 aliphatic heterocycles. The van der Waals surface area contributed by atoms with E-state index in [0.29, 0.717) is 3.79 Å². The van der Waals surface area contributed by atoms with Crippen LogP contribution in [0, 0.1) is 0 Å². The normalized spacial score (nSPS) is 10.3. The summed E-state index contributed by atoms with van der Waals surface area (Å²) in [4.78, 5) is 10.6. The molecule has 0 aromatic rings. The highest BCUT2D eigenvalue weighted by Crippen LogP contribution is 2.10. The second kappa shape index (κ2) is 10.5. The second-order valence-corrected chi connectivity index (χ2v) is 4.78. The molecule has 0 bridgehead atoms. The summed E-state index contributed by atoms with van der Waals surface area (Å²) in [7, 11) is 0. The monoisotopic (exact) mass is 296 g/mol. The Morgan fingerprint density at radius 1 is 0.923 bits per heavy atom. The molecule has 2 heteroatoms. The third kappa shape index (κ3) is 12.4. The van der Waals surface area contributed by atoms with Crippen molar-refractivity contribution in [2.24, 2.45) is 0 Å². The highest BCUT2D eigenvalue weighted by atomic mass is 127. The molecule has 0 radical (unpaired) electrons. The number of halogens is 1. The van der Waals surface area contributed by atoms with Gasteiger partial charge >= 0.3 is 0 Å². The van der Waals surface area contributed by atoms with E-state index in [0.717, 1.165) is 12.8 Å². The van der Waals surface area contributed by atoms with Gasteiger partial charge in [0.05, 0.1) is 0 Å². The van der Waals surface area contributed by atoms with Gasteiger partial charge in [-0.2, -0.15) is 0 Å². The van der Waals surface area contributed by atoms with Crippen LogP contribution in [-0.2, 0) is 4.79 Å². The van der Waals surface area contributed by atoms with Crippen LogP contribution < -0.4 is 0 Å². The lowest BCUT2D eigenvalue weighted by Crippen LogP contribution is -1.85. The minimum atomic E-state index is 0.309. The SMILES string of the molecule is CCCCCCCCCCC(=O)I. The molecule has 0 aromatic heterocycles. The molecule has 1 nitrogen and oxygen atoms in total. The molecule has 0 saturated heterocycles. The Kier molecular flexibility index (Phi) is 10.8. The summed E-state index contributed by atoms with van der Waals surface area (Å²) in [5.74, 6) is 0. The average molecular weight is 296 g/mol. The molecular weight excluding hydrogens is 275 g/mol. The Hall–Kier alpha value is 0.400. The molecule has 0 saturated carbocycles. The molecule has 0 spiro atoms. The van der Waals surface area contributed by atoms with Crippen LogP contribution in [0.5, 0.6) is 0 Å². The van der Waals surface area contributed by atoms with Crippen LogP contribution in [0.2, 0.25) is 0 Å². The van der Waals surface area contributed by atoms with E-state index < -0.39 is 0 Å². The third-order valence-electron chi connectivity index (χ3n) is 2.23. The second-order valence-electron chi connectivity index (χ2n) is 3.58.